The van der Waals surface area contributed by atoms with Crippen LogP contribution in [0, 0.1) is 23.5 Å². The average Bonchev–Trinajstić information content (AvgIpc) is 0.782. The fourth-order valence-electron chi connectivity index (χ4n) is 10.3. The van der Waals surface area contributed by atoms with E-state index in [-0.39, 0.29) is 160 Å². The summed E-state index contributed by atoms with van der Waals surface area (Å²) in [6.07, 6.45) is -15.0. The minimum Gasteiger partial charge on any atom is -1.00 e. The van der Waals surface area contributed by atoms with E-state index in [1.807, 2.05) is 0 Å². The quantitative estimate of drug-likeness (QED) is 0.0165. The maximum atomic E-state index is 15.7. The topological polar surface area (TPSA) is 195 Å². The number of nitrogens with zero attached hydrogens (tertiary/aromatic N) is 4. The van der Waals surface area contributed by atoms with Gasteiger partial charge in [0, 0.05) is 92.3 Å². The van der Waals surface area contributed by atoms with Crippen LogP contribution in [0.4, 0.5) is 26.3 Å². The molecule has 0 spiro atoms. The van der Waals surface area contributed by atoms with Crippen molar-refractivity contribution in [2.75, 3.05) is 67.6 Å². The van der Waals surface area contributed by atoms with Gasteiger partial charge in [-0.3, -0.25) is 9.59 Å². The van der Waals surface area contributed by atoms with Crippen molar-refractivity contribution in [3.05, 3.63) is 130 Å². The van der Waals surface area contributed by atoms with E-state index in [9.17, 15) is 23.5 Å². The fraction of sp³-hybridized carbons (Fsp3) is 0.508. The molecule has 446 valence electrons. The monoisotopic (exact) mass is 1250 g/mol. The number of aromatic amines is 2. The van der Waals surface area contributed by atoms with Gasteiger partial charge in [0.25, 0.3) is 18.3 Å². The molecule has 4 aromatic carbocycles. The van der Waals surface area contributed by atoms with Gasteiger partial charge in [-0.05, 0) is 129 Å². The molecule has 0 fully saturated rings. The minimum atomic E-state index is -3.62. The minimum absolute atomic E-state index is 0. The molecule has 2 aromatic heterocycles. The molecule has 0 aliphatic heterocycles. The van der Waals surface area contributed by atoms with E-state index >= 15 is 17.6 Å². The largest absolute Gasteiger partial charge is 1.00 e. The molecule has 0 radical (unpaired) electrons. The molecular formula is C59H75ClF6K2N6O9. The Bertz CT molecular complexity index is 3510. The van der Waals surface area contributed by atoms with E-state index in [4.69, 9.17) is 47.6 Å². The maximum absolute atomic E-state index is 15.7. The Morgan fingerprint density at radius 1 is 0.759 bits per heavy atom. The molecule has 2 aliphatic rings. The number of methoxy groups -OCH3 is 2. The second-order valence-corrected chi connectivity index (χ2v) is 20.4. The van der Waals surface area contributed by atoms with E-state index < -0.39 is 145 Å². The summed E-state index contributed by atoms with van der Waals surface area (Å²) in [5.41, 5.74) is -3.08. The number of carbonyl (C=O) groups excluding carboxylic acids is 3. The van der Waals surface area contributed by atoms with Gasteiger partial charge in [-0.15, -0.1) is 0 Å². The number of benzene rings is 4. The number of H-pyrrole nitrogens is 2. The molecule has 15 nitrogen and oxygen atoms in total. The van der Waals surface area contributed by atoms with Crippen molar-refractivity contribution in [2.24, 2.45) is 11.8 Å². The smallest absolute Gasteiger partial charge is 1.00 e. The molecule has 0 saturated heterocycles. The van der Waals surface area contributed by atoms with Crippen LogP contribution in [0.3, 0.4) is 0 Å². The van der Waals surface area contributed by atoms with Crippen molar-refractivity contribution in [3.63, 3.8) is 0 Å². The van der Waals surface area contributed by atoms with E-state index in [1.165, 1.54) is 40.4 Å². The number of rotatable bonds is 22. The normalized spacial score (nSPS) is 22.4. The molecule has 8 rings (SSSR count). The van der Waals surface area contributed by atoms with Gasteiger partial charge in [-0.1, -0.05) is 64.1 Å². The Labute approximate surface area is 589 Å². The summed E-state index contributed by atoms with van der Waals surface area (Å²) in [4.78, 5) is 49.2. The fourth-order valence-corrected chi connectivity index (χ4v) is 10.4. The van der Waals surface area contributed by atoms with E-state index in [2.05, 4.69) is 29.6 Å². The maximum Gasteiger partial charge on any atom is 1.00 e. The van der Waals surface area contributed by atoms with Gasteiger partial charge in [-0.2, -0.15) is 0 Å². The number of hydrogen-bond acceptors (Lipinski definition) is 13. The van der Waals surface area contributed by atoms with Crippen LogP contribution >= 0.6 is 11.6 Å². The predicted molar refractivity (Wildman–Crippen MR) is 295 cm³/mol. The van der Waals surface area contributed by atoms with Crippen molar-refractivity contribution < 1.29 is 191 Å². The summed E-state index contributed by atoms with van der Waals surface area (Å²) in [6, 6.07) is 19.4. The van der Waals surface area contributed by atoms with Gasteiger partial charge in [-0.25, -0.2) is 41.1 Å². The number of ether oxygens (including phenoxy) is 3. The van der Waals surface area contributed by atoms with Gasteiger partial charge in [0.15, 0.2) is 0 Å². The zero-order chi connectivity index (χ0) is 70.5. The Kier molecular flexibility index (Phi) is 23.8. The average molecular weight is 1250 g/mol. The summed E-state index contributed by atoms with van der Waals surface area (Å²) < 4.78 is 208. The Morgan fingerprint density at radius 3 is 1.60 bits per heavy atom. The van der Waals surface area contributed by atoms with Gasteiger partial charge < -0.3 is 50.7 Å². The Hall–Kier alpha value is -2.67. The number of alkyl halides is 4. The number of carbonyl (C=O) groups is 3. The zero-order valence-electron chi connectivity index (χ0n) is 60.8. The number of aromatic nitrogens is 4. The van der Waals surface area contributed by atoms with E-state index in [0.29, 0.717) is 22.1 Å². The number of halogens is 7. The number of esters is 1. The third-order valence-electron chi connectivity index (χ3n) is 13.3. The third-order valence-corrected chi connectivity index (χ3v) is 13.4. The Balaban J connectivity index is 0.000000559. The van der Waals surface area contributed by atoms with Crippen LogP contribution in [0.1, 0.15) is 130 Å². The second-order valence-electron chi connectivity index (χ2n) is 20.0. The standard InChI is InChI=1S/C29H36F3N3O3.C26H32F3N3O.C3H5ClO2.CH2O3.2K.H/c1-19(2)27-21-12-11-20(30)16-22(21)29(31,32)18-28(27,38-26(36)17-37-4)13-15-35(3)14-7-10-25-33-23-8-5-6-9-24(23)34-25;1-17(2)24-19-11-10-18(27)15-20(19)26(28,29)16-25(24,33)12-14-32(3)13-6-9-23-30-21-7-4-5-8-22(21)31-23;1-6-2-3(4)5;2-1-4-3;;;/h5-6,8-9,11-12,16,19,27H,7,10,13-15,17-18H2,1-4H3,(H,33,34);4-5,7-8,10-11,15,17,24,33H,6,9,12-14,16H2,1-3H3,(H,30,31);2H2,1H3;1,3H;;;/q;;;;2*+1;-1/p-1/t27-,28+;24-,25+;;;;;/m00...../s1/i7D2,10D2,14D2;6D2,9D2,13D2;;;;;. The van der Waals surface area contributed by atoms with E-state index in [0.717, 1.165) is 34.1 Å². The molecule has 0 unspecified atom stereocenters. The van der Waals surface area contributed by atoms with Gasteiger partial charge >= 0.3 is 109 Å². The molecule has 3 N–H and O–H groups in total. The molecular weight excluding hydrogens is 1160 g/mol. The van der Waals surface area contributed by atoms with Crippen LogP contribution in [0.5, 0.6) is 0 Å². The van der Waals surface area contributed by atoms with Crippen molar-refractivity contribution in [2.45, 2.75) is 114 Å². The summed E-state index contributed by atoms with van der Waals surface area (Å²) in [5.74, 6) is -13.0. The molecule has 0 saturated carbocycles. The van der Waals surface area contributed by atoms with Crippen LogP contribution in [-0.4, -0.2) is 131 Å². The first-order chi connectivity index (χ1) is 42.8. The second kappa shape index (κ2) is 34.8. The number of fused-ring (bicyclic) bond motifs is 4. The first-order valence-corrected chi connectivity index (χ1v) is 25.7. The predicted octanol–water partition coefficient (Wildman–Crippen LogP) is 4.40. The van der Waals surface area contributed by atoms with Crippen molar-refractivity contribution in [1.29, 1.82) is 0 Å². The molecule has 6 aromatic rings. The number of para-hydroxylation sites is 4. The van der Waals surface area contributed by atoms with Gasteiger partial charge in [0.2, 0.25) is 5.24 Å². The molecule has 0 bridgehead atoms. The summed E-state index contributed by atoms with van der Waals surface area (Å²) >= 11 is 4.81. The third kappa shape index (κ3) is 21.3. The van der Waals surface area contributed by atoms with Crippen molar-refractivity contribution >= 4 is 51.4 Å². The van der Waals surface area contributed by atoms with Crippen molar-refractivity contribution in [1.82, 2.24) is 29.7 Å². The summed E-state index contributed by atoms with van der Waals surface area (Å²) in [7, 11) is 5.07. The molecule has 0 amide bonds. The molecule has 2 aliphatic carbocycles. The first kappa shape index (κ1) is 56.8. The summed E-state index contributed by atoms with van der Waals surface area (Å²) in [6.45, 7) is -0.490. The Morgan fingerprint density at radius 2 is 1.19 bits per heavy atom. The zero-order valence-corrected chi connectivity index (χ0v) is 54.8. The number of imidazole rings is 2. The van der Waals surface area contributed by atoms with Crippen LogP contribution in [0.25, 0.3) is 22.1 Å². The van der Waals surface area contributed by atoms with Gasteiger partial charge in [0.1, 0.15) is 42.1 Å². The number of aryl methyl sites for hydroxylation is 2. The molecule has 2 heterocycles. The van der Waals surface area contributed by atoms with Crippen LogP contribution < -0.4 is 108 Å². The number of aliphatic hydroxyl groups is 1. The number of nitrogens with one attached hydrogen (secondary N) is 2. The molecule has 4 atom stereocenters. The molecule has 24 heteroatoms. The van der Waals surface area contributed by atoms with Crippen molar-refractivity contribution in [3.8, 4) is 0 Å². The first-order valence-electron chi connectivity index (χ1n) is 31.4. The van der Waals surface area contributed by atoms with Crippen LogP contribution in [0.2, 0.25) is 0 Å². The SMILES string of the molecule is COCC(=O)Cl.O=CO[O-].[2H]C([2H])(c1nc2ccccc2[nH]1)C([2H])([2H])C([2H])([2H])N(C)CC[C@@]1(O)CC(F)(F)c2cc(F)ccc2[C@@H]1C(C)C.[2H]C([2H])(c1nc2ccccc2[nH]1)C([2H])([2H])C([2H])([2H])N(C)CC[C@@]1(OC(=O)COC)CC(F)(F)c2cc(F)ccc2[C@@H]1C(C)C.[H-].[K+].[K+]. The number of hydrogen-bond donors (Lipinski definition) is 3. The van der Waals surface area contributed by atoms with Crippen LogP contribution in [0.15, 0.2) is 84.9 Å². The summed E-state index contributed by atoms with van der Waals surface area (Å²) in [5, 5.41) is 19.6. The molecule has 83 heavy (non-hydrogen) atoms. The van der Waals surface area contributed by atoms with Gasteiger partial charge in [0.05, 0.1) is 34.1 Å². The van der Waals surface area contributed by atoms with Crippen LogP contribution in [-0.2, 0) is 58.1 Å². The van der Waals surface area contributed by atoms with E-state index in [1.54, 1.807) is 76.2 Å².